The second-order valence-corrected chi connectivity index (χ2v) is 8.21. The quantitative estimate of drug-likeness (QED) is 0.861. The van der Waals surface area contributed by atoms with Crippen LogP contribution in [0.5, 0.6) is 0 Å². The second-order valence-electron chi connectivity index (χ2n) is 8.21. The molecule has 3 fully saturated rings. The molecule has 0 spiro atoms. The number of carbonyl (C=O) groups excluding carboxylic acids is 1. The summed E-state index contributed by atoms with van der Waals surface area (Å²) in [6, 6.07) is 0.979. The van der Waals surface area contributed by atoms with Crippen LogP contribution in [-0.2, 0) is 4.79 Å². The summed E-state index contributed by atoms with van der Waals surface area (Å²) in [6.07, 6.45) is 11.6. The molecule has 2 bridgehead atoms. The minimum Gasteiger partial charge on any atom is -0.335 e. The standard InChI is InChI=1S/C19H34N2O/c1-14(2)18(12-15-6-4-3-5-7-15)19(22)21-16-8-9-17(21)13-20-11-10-16/h14-18,20H,3-13H2,1-2H3. The van der Waals surface area contributed by atoms with Crippen molar-refractivity contribution in [3.8, 4) is 0 Å². The Morgan fingerprint density at radius 2 is 1.77 bits per heavy atom. The van der Waals surface area contributed by atoms with Crippen LogP contribution in [0.2, 0.25) is 0 Å². The highest BCUT2D eigenvalue weighted by Crippen LogP contribution is 2.36. The summed E-state index contributed by atoms with van der Waals surface area (Å²) in [5.41, 5.74) is 0. The van der Waals surface area contributed by atoms with Crippen LogP contribution in [0.3, 0.4) is 0 Å². The molecule has 3 nitrogen and oxygen atoms in total. The van der Waals surface area contributed by atoms with Crippen LogP contribution in [-0.4, -0.2) is 36.0 Å². The van der Waals surface area contributed by atoms with Gasteiger partial charge in [-0.05, 0) is 44.1 Å². The van der Waals surface area contributed by atoms with E-state index in [-0.39, 0.29) is 5.92 Å². The van der Waals surface area contributed by atoms with Crippen molar-refractivity contribution < 1.29 is 4.79 Å². The minimum absolute atomic E-state index is 0.254. The molecule has 1 amide bonds. The van der Waals surface area contributed by atoms with E-state index in [0.29, 0.717) is 23.9 Å². The largest absolute Gasteiger partial charge is 0.335 e. The van der Waals surface area contributed by atoms with Crippen LogP contribution in [0.1, 0.15) is 71.6 Å². The van der Waals surface area contributed by atoms with E-state index in [1.807, 2.05) is 0 Å². The zero-order valence-electron chi connectivity index (χ0n) is 14.5. The molecule has 0 aromatic heterocycles. The van der Waals surface area contributed by atoms with Crippen molar-refractivity contribution in [1.29, 1.82) is 0 Å². The van der Waals surface area contributed by atoms with Gasteiger partial charge in [-0.3, -0.25) is 4.79 Å². The Hall–Kier alpha value is -0.570. The smallest absolute Gasteiger partial charge is 0.226 e. The number of fused-ring (bicyclic) bond motifs is 2. The van der Waals surface area contributed by atoms with Crippen molar-refractivity contribution in [2.75, 3.05) is 13.1 Å². The van der Waals surface area contributed by atoms with E-state index >= 15 is 0 Å². The van der Waals surface area contributed by atoms with Gasteiger partial charge < -0.3 is 10.2 Å². The summed E-state index contributed by atoms with van der Waals surface area (Å²) >= 11 is 0. The molecule has 2 saturated heterocycles. The lowest BCUT2D eigenvalue weighted by Crippen LogP contribution is -2.47. The first-order valence-electron chi connectivity index (χ1n) is 9.69. The summed E-state index contributed by atoms with van der Waals surface area (Å²) in [6.45, 7) is 6.60. The molecule has 22 heavy (non-hydrogen) atoms. The van der Waals surface area contributed by atoms with Gasteiger partial charge in [-0.1, -0.05) is 46.0 Å². The second kappa shape index (κ2) is 7.33. The van der Waals surface area contributed by atoms with Crippen molar-refractivity contribution in [3.63, 3.8) is 0 Å². The zero-order chi connectivity index (χ0) is 15.5. The summed E-state index contributed by atoms with van der Waals surface area (Å²) < 4.78 is 0. The van der Waals surface area contributed by atoms with E-state index in [9.17, 15) is 4.79 Å². The van der Waals surface area contributed by atoms with Crippen molar-refractivity contribution in [3.05, 3.63) is 0 Å². The number of amides is 1. The molecule has 2 heterocycles. The van der Waals surface area contributed by atoms with Crippen molar-refractivity contribution in [1.82, 2.24) is 10.2 Å². The summed E-state index contributed by atoms with van der Waals surface area (Å²) in [5, 5.41) is 3.52. The first kappa shape index (κ1) is 16.3. The lowest BCUT2D eigenvalue weighted by molar-refractivity contribution is -0.140. The number of hydrogen-bond donors (Lipinski definition) is 1. The third-order valence-electron chi connectivity index (χ3n) is 6.34. The predicted octanol–water partition coefficient (Wildman–Crippen LogP) is 3.58. The van der Waals surface area contributed by atoms with Gasteiger partial charge in [0.2, 0.25) is 5.91 Å². The maximum Gasteiger partial charge on any atom is 0.226 e. The highest BCUT2D eigenvalue weighted by Gasteiger charge is 2.41. The SMILES string of the molecule is CC(C)C(CC1CCCCC1)C(=O)N1C2CCNCC1CC2. The molecule has 1 saturated carbocycles. The zero-order valence-corrected chi connectivity index (χ0v) is 14.5. The van der Waals surface area contributed by atoms with Gasteiger partial charge in [-0.25, -0.2) is 0 Å². The van der Waals surface area contributed by atoms with E-state index < -0.39 is 0 Å². The maximum absolute atomic E-state index is 13.3. The van der Waals surface area contributed by atoms with E-state index in [2.05, 4.69) is 24.1 Å². The Morgan fingerprint density at radius 1 is 1.05 bits per heavy atom. The average Bonchev–Trinajstić information content (AvgIpc) is 2.78. The maximum atomic E-state index is 13.3. The number of carbonyl (C=O) groups is 1. The lowest BCUT2D eigenvalue weighted by atomic mass is 9.78. The Morgan fingerprint density at radius 3 is 2.50 bits per heavy atom. The fourth-order valence-corrected chi connectivity index (χ4v) is 4.97. The third kappa shape index (κ3) is 3.50. The van der Waals surface area contributed by atoms with Crippen LogP contribution in [0.25, 0.3) is 0 Å². The first-order chi connectivity index (χ1) is 10.7. The molecule has 0 aromatic rings. The molecule has 2 aliphatic heterocycles. The van der Waals surface area contributed by atoms with Crippen LogP contribution >= 0.6 is 0 Å². The number of nitrogens with zero attached hydrogens (tertiary/aromatic N) is 1. The number of hydrogen-bond acceptors (Lipinski definition) is 2. The monoisotopic (exact) mass is 306 g/mol. The molecule has 3 unspecified atom stereocenters. The molecule has 3 atom stereocenters. The Labute approximate surface area is 136 Å². The molecule has 3 heteroatoms. The fraction of sp³-hybridized carbons (Fsp3) is 0.947. The van der Waals surface area contributed by atoms with Gasteiger partial charge in [-0.2, -0.15) is 0 Å². The van der Waals surface area contributed by atoms with Gasteiger partial charge in [0.05, 0.1) is 0 Å². The Bertz CT molecular complexity index is 362. The lowest BCUT2D eigenvalue weighted by Gasteiger charge is -2.35. The number of rotatable bonds is 4. The molecule has 0 radical (unpaired) electrons. The number of nitrogens with one attached hydrogen (secondary N) is 1. The van der Waals surface area contributed by atoms with Crippen molar-refractivity contribution in [2.45, 2.75) is 83.7 Å². The highest BCUT2D eigenvalue weighted by atomic mass is 16.2. The predicted molar refractivity (Wildman–Crippen MR) is 90.7 cm³/mol. The Balaban J connectivity index is 1.68. The minimum atomic E-state index is 0.254. The van der Waals surface area contributed by atoms with Gasteiger partial charge in [0, 0.05) is 24.5 Å². The van der Waals surface area contributed by atoms with Gasteiger partial charge >= 0.3 is 0 Å². The van der Waals surface area contributed by atoms with Crippen molar-refractivity contribution in [2.24, 2.45) is 17.8 Å². The molecule has 0 aromatic carbocycles. The summed E-state index contributed by atoms with van der Waals surface area (Å²) in [5.74, 6) is 2.01. The van der Waals surface area contributed by atoms with Gasteiger partial charge in [0.15, 0.2) is 0 Å². The normalized spacial score (nSPS) is 31.3. The fourth-order valence-electron chi connectivity index (χ4n) is 4.97. The van der Waals surface area contributed by atoms with Gasteiger partial charge in [0.1, 0.15) is 0 Å². The molecule has 1 aliphatic carbocycles. The van der Waals surface area contributed by atoms with E-state index in [0.717, 1.165) is 31.8 Å². The Kier molecular flexibility index (Phi) is 5.43. The summed E-state index contributed by atoms with van der Waals surface area (Å²) in [4.78, 5) is 15.6. The molecule has 3 aliphatic rings. The first-order valence-corrected chi connectivity index (χ1v) is 9.69. The van der Waals surface area contributed by atoms with E-state index in [4.69, 9.17) is 0 Å². The molecule has 1 N–H and O–H groups in total. The molecular weight excluding hydrogens is 272 g/mol. The molecule has 3 rings (SSSR count). The van der Waals surface area contributed by atoms with Crippen LogP contribution in [0.4, 0.5) is 0 Å². The van der Waals surface area contributed by atoms with Crippen LogP contribution < -0.4 is 5.32 Å². The third-order valence-corrected chi connectivity index (χ3v) is 6.34. The molecule has 126 valence electrons. The highest BCUT2D eigenvalue weighted by molar-refractivity contribution is 5.80. The molecular formula is C19H34N2O. The van der Waals surface area contributed by atoms with Crippen molar-refractivity contribution >= 4 is 5.91 Å². The van der Waals surface area contributed by atoms with E-state index in [1.54, 1.807) is 0 Å². The summed E-state index contributed by atoms with van der Waals surface area (Å²) in [7, 11) is 0. The van der Waals surface area contributed by atoms with E-state index in [1.165, 1.54) is 44.9 Å². The van der Waals surface area contributed by atoms with Crippen LogP contribution in [0.15, 0.2) is 0 Å². The van der Waals surface area contributed by atoms with Gasteiger partial charge in [-0.15, -0.1) is 0 Å². The topological polar surface area (TPSA) is 32.3 Å². The average molecular weight is 306 g/mol. The van der Waals surface area contributed by atoms with Gasteiger partial charge in [0.25, 0.3) is 0 Å². The van der Waals surface area contributed by atoms with Crippen LogP contribution in [0, 0.1) is 17.8 Å².